The Labute approximate surface area is 120 Å². The lowest BCUT2D eigenvalue weighted by Crippen LogP contribution is -2.28. The van der Waals surface area contributed by atoms with Crippen LogP contribution in [0.15, 0.2) is 33.9 Å². The summed E-state index contributed by atoms with van der Waals surface area (Å²) in [6, 6.07) is 7.68. The number of imidazole rings is 1. The van der Waals surface area contributed by atoms with Gasteiger partial charge in [-0.2, -0.15) is 0 Å². The number of hydrogen-bond donors (Lipinski definition) is 2. The predicted molar refractivity (Wildman–Crippen MR) is 80.1 cm³/mol. The lowest BCUT2D eigenvalue weighted by molar-refractivity contribution is 0.832. The summed E-state index contributed by atoms with van der Waals surface area (Å²) in [5.41, 5.74) is 0.618. The number of nitrogens with zero attached hydrogens (tertiary/aromatic N) is 2. The van der Waals surface area contributed by atoms with Crippen molar-refractivity contribution in [2.75, 3.05) is 0 Å². The van der Waals surface area contributed by atoms with Crippen molar-refractivity contribution < 1.29 is 0 Å². The fourth-order valence-corrected chi connectivity index (χ4v) is 2.53. The van der Waals surface area contributed by atoms with E-state index in [1.54, 1.807) is 7.05 Å². The average molecular weight is 368 g/mol. The van der Waals surface area contributed by atoms with Crippen molar-refractivity contribution >= 4 is 33.8 Å². The van der Waals surface area contributed by atoms with E-state index in [4.69, 9.17) is 0 Å². The van der Waals surface area contributed by atoms with Crippen molar-refractivity contribution in [2.24, 2.45) is 7.05 Å². The third-order valence-electron chi connectivity index (χ3n) is 2.88. The van der Waals surface area contributed by atoms with Gasteiger partial charge in [-0.25, -0.2) is 9.78 Å². The van der Waals surface area contributed by atoms with Crippen LogP contribution in [-0.4, -0.2) is 19.5 Å². The molecule has 7 heteroatoms. The third-order valence-corrected chi connectivity index (χ3v) is 3.82. The van der Waals surface area contributed by atoms with E-state index in [9.17, 15) is 9.59 Å². The van der Waals surface area contributed by atoms with Crippen molar-refractivity contribution in [3.8, 4) is 11.4 Å². The first kappa shape index (κ1) is 12.2. The molecule has 2 heterocycles. The largest absolute Gasteiger partial charge is 0.332 e. The molecule has 0 saturated heterocycles. The number of fused-ring (bicyclic) bond motifs is 1. The monoisotopic (exact) mass is 368 g/mol. The van der Waals surface area contributed by atoms with Gasteiger partial charge in [-0.3, -0.25) is 14.3 Å². The molecule has 0 unspecified atom stereocenters. The van der Waals surface area contributed by atoms with Crippen LogP contribution in [0, 0.1) is 3.57 Å². The van der Waals surface area contributed by atoms with Gasteiger partial charge in [-0.05, 0) is 28.7 Å². The molecule has 0 saturated carbocycles. The summed E-state index contributed by atoms with van der Waals surface area (Å²) in [5.74, 6) is 0.576. The van der Waals surface area contributed by atoms with Gasteiger partial charge >= 0.3 is 5.69 Å². The first-order chi connectivity index (χ1) is 9.08. The third kappa shape index (κ3) is 1.89. The lowest BCUT2D eigenvalue weighted by Gasteiger charge is -1.98. The first-order valence-corrected chi connectivity index (χ1v) is 6.59. The molecule has 1 aromatic carbocycles. The highest BCUT2D eigenvalue weighted by Crippen LogP contribution is 2.23. The average Bonchev–Trinajstić information content (AvgIpc) is 2.82. The molecule has 0 aliphatic rings. The minimum atomic E-state index is -0.474. The van der Waals surface area contributed by atoms with Crippen LogP contribution in [-0.2, 0) is 7.05 Å². The fourth-order valence-electron chi connectivity index (χ4n) is 1.89. The summed E-state index contributed by atoms with van der Waals surface area (Å²) in [7, 11) is 1.57. The molecule has 19 heavy (non-hydrogen) atoms. The first-order valence-electron chi connectivity index (χ1n) is 5.52. The second-order valence-corrected chi connectivity index (χ2v) is 5.24. The van der Waals surface area contributed by atoms with Crippen LogP contribution in [0.5, 0.6) is 0 Å². The smallest absolute Gasteiger partial charge is 0.329 e. The minimum Gasteiger partial charge on any atom is -0.332 e. The Morgan fingerprint density at radius 3 is 2.68 bits per heavy atom. The second-order valence-electron chi connectivity index (χ2n) is 4.08. The van der Waals surface area contributed by atoms with E-state index >= 15 is 0 Å². The molecule has 2 aromatic heterocycles. The SMILES string of the molecule is Cn1c(=O)[nH]c(=O)c2[nH]c(-c3ccccc3I)nc21. The zero-order valence-corrected chi connectivity index (χ0v) is 12.1. The van der Waals surface area contributed by atoms with E-state index in [1.807, 2.05) is 24.3 Å². The highest BCUT2D eigenvalue weighted by molar-refractivity contribution is 14.1. The Hall–Kier alpha value is -1.90. The number of aromatic nitrogens is 4. The topological polar surface area (TPSA) is 83.5 Å². The molecule has 3 rings (SSSR count). The zero-order valence-electron chi connectivity index (χ0n) is 9.90. The van der Waals surface area contributed by atoms with E-state index in [0.29, 0.717) is 17.0 Å². The van der Waals surface area contributed by atoms with Crippen LogP contribution in [0.3, 0.4) is 0 Å². The molecule has 0 fully saturated rings. The number of halogens is 1. The standard InChI is InChI=1S/C12H9IN4O2/c1-17-10-8(11(18)16-12(17)19)14-9(15-10)6-4-2-3-5-7(6)13/h2-5H,1H3,(H,14,15)(H,16,18,19). The van der Waals surface area contributed by atoms with E-state index in [0.717, 1.165) is 9.13 Å². The Kier molecular flexibility index (Phi) is 2.77. The molecule has 0 amide bonds. The van der Waals surface area contributed by atoms with Crippen LogP contribution < -0.4 is 11.2 Å². The Bertz CT molecular complexity index is 891. The second kappa shape index (κ2) is 4.34. The number of aromatic amines is 2. The molecule has 3 aromatic rings. The van der Waals surface area contributed by atoms with E-state index in [-0.39, 0.29) is 0 Å². The van der Waals surface area contributed by atoms with Gasteiger partial charge in [0, 0.05) is 16.2 Å². The van der Waals surface area contributed by atoms with Crippen LogP contribution in [0.2, 0.25) is 0 Å². The van der Waals surface area contributed by atoms with Crippen molar-refractivity contribution in [3.63, 3.8) is 0 Å². The summed E-state index contributed by atoms with van der Waals surface area (Å²) in [6.45, 7) is 0. The molecular weight excluding hydrogens is 359 g/mol. The van der Waals surface area contributed by atoms with Crippen molar-refractivity contribution in [1.82, 2.24) is 19.5 Å². The lowest BCUT2D eigenvalue weighted by atomic mass is 10.2. The van der Waals surface area contributed by atoms with E-state index in [2.05, 4.69) is 37.5 Å². The van der Waals surface area contributed by atoms with Gasteiger partial charge in [0.05, 0.1) is 0 Å². The number of H-pyrrole nitrogens is 2. The fraction of sp³-hybridized carbons (Fsp3) is 0.0833. The Morgan fingerprint density at radius 1 is 1.21 bits per heavy atom. The Morgan fingerprint density at radius 2 is 1.95 bits per heavy atom. The summed E-state index contributed by atoms with van der Waals surface area (Å²) in [6.07, 6.45) is 0. The van der Waals surface area contributed by atoms with E-state index < -0.39 is 11.2 Å². The summed E-state index contributed by atoms with van der Waals surface area (Å²) in [4.78, 5) is 32.8. The number of rotatable bonds is 1. The number of benzene rings is 1. The summed E-state index contributed by atoms with van der Waals surface area (Å²) in [5, 5.41) is 0. The molecule has 6 nitrogen and oxygen atoms in total. The quantitative estimate of drug-likeness (QED) is 0.634. The zero-order chi connectivity index (χ0) is 13.6. The molecule has 96 valence electrons. The molecule has 0 bridgehead atoms. The maximum absolute atomic E-state index is 11.7. The van der Waals surface area contributed by atoms with Gasteiger partial charge < -0.3 is 4.98 Å². The molecule has 0 atom stereocenters. The minimum absolute atomic E-state index is 0.303. The van der Waals surface area contributed by atoms with Crippen molar-refractivity contribution in [2.45, 2.75) is 0 Å². The van der Waals surface area contributed by atoms with Gasteiger partial charge in [0.2, 0.25) is 0 Å². The maximum Gasteiger partial charge on any atom is 0.329 e. The van der Waals surface area contributed by atoms with Gasteiger partial charge in [0.15, 0.2) is 5.65 Å². The predicted octanol–water partition coefficient (Wildman–Crippen LogP) is 1.22. The molecule has 0 aliphatic carbocycles. The molecule has 0 aliphatic heterocycles. The molecule has 2 N–H and O–H groups in total. The summed E-state index contributed by atoms with van der Waals surface area (Å²) < 4.78 is 2.33. The summed E-state index contributed by atoms with van der Waals surface area (Å²) >= 11 is 2.20. The highest BCUT2D eigenvalue weighted by Gasteiger charge is 2.13. The van der Waals surface area contributed by atoms with Crippen LogP contribution in [0.4, 0.5) is 0 Å². The van der Waals surface area contributed by atoms with Crippen LogP contribution in [0.1, 0.15) is 0 Å². The van der Waals surface area contributed by atoms with Crippen LogP contribution >= 0.6 is 22.6 Å². The van der Waals surface area contributed by atoms with Crippen LogP contribution in [0.25, 0.3) is 22.6 Å². The van der Waals surface area contributed by atoms with Gasteiger partial charge in [0.25, 0.3) is 5.56 Å². The number of aryl methyl sites for hydroxylation is 1. The van der Waals surface area contributed by atoms with E-state index in [1.165, 1.54) is 4.57 Å². The molecule has 0 radical (unpaired) electrons. The molecule has 0 spiro atoms. The Balaban J connectivity index is 2.38. The van der Waals surface area contributed by atoms with Gasteiger partial charge in [-0.1, -0.05) is 18.2 Å². The normalized spacial score (nSPS) is 11.1. The van der Waals surface area contributed by atoms with Crippen molar-refractivity contribution in [1.29, 1.82) is 0 Å². The number of hydrogen-bond acceptors (Lipinski definition) is 3. The van der Waals surface area contributed by atoms with Gasteiger partial charge in [-0.15, -0.1) is 0 Å². The van der Waals surface area contributed by atoms with Crippen molar-refractivity contribution in [3.05, 3.63) is 48.7 Å². The molecular formula is C12H9IN4O2. The maximum atomic E-state index is 11.7. The number of nitrogens with one attached hydrogen (secondary N) is 2. The van der Waals surface area contributed by atoms with Gasteiger partial charge in [0.1, 0.15) is 11.3 Å². The highest BCUT2D eigenvalue weighted by atomic mass is 127.